The van der Waals surface area contributed by atoms with Crippen molar-refractivity contribution in [3.05, 3.63) is 186 Å². The quantitative estimate of drug-likeness (QED) is 0.174. The van der Waals surface area contributed by atoms with Crippen molar-refractivity contribution >= 4 is 27.4 Å². The van der Waals surface area contributed by atoms with Crippen molar-refractivity contribution in [2.24, 2.45) is 0 Å². The monoisotopic (exact) mass is 694 g/mol. The van der Waals surface area contributed by atoms with Crippen LogP contribution in [0.15, 0.2) is 163 Å². The zero-order valence-corrected chi connectivity index (χ0v) is 31.3. The molecule has 2 heteroatoms. The molecule has 3 aliphatic rings. The minimum absolute atomic E-state index is 0.0334. The van der Waals surface area contributed by atoms with Crippen LogP contribution in [0.3, 0.4) is 0 Å². The minimum atomic E-state index is -0.0810. The van der Waals surface area contributed by atoms with E-state index in [1.807, 2.05) is 0 Å². The van der Waals surface area contributed by atoms with Crippen LogP contribution in [-0.4, -0.2) is 9.13 Å². The zero-order valence-electron chi connectivity index (χ0n) is 31.3. The Morgan fingerprint density at radius 1 is 0.463 bits per heavy atom. The summed E-state index contributed by atoms with van der Waals surface area (Å²) in [6.07, 6.45) is 6.97. The Morgan fingerprint density at radius 3 is 1.59 bits per heavy atom. The lowest BCUT2D eigenvalue weighted by atomic mass is 9.80. The first-order valence-electron chi connectivity index (χ1n) is 19.4. The van der Waals surface area contributed by atoms with E-state index in [9.17, 15) is 0 Å². The Balaban J connectivity index is 1.16. The fraction of sp³-hybridized carbons (Fsp3) is 0.154. The molecule has 0 aliphatic heterocycles. The molecule has 6 aromatic carbocycles. The van der Waals surface area contributed by atoms with Crippen LogP contribution >= 0.6 is 0 Å². The van der Waals surface area contributed by atoms with Crippen molar-refractivity contribution in [2.45, 2.75) is 51.4 Å². The smallest absolute Gasteiger partial charge is 0.0542 e. The van der Waals surface area contributed by atoms with Crippen molar-refractivity contribution in [1.29, 1.82) is 0 Å². The molecular formula is C52H42N2. The van der Waals surface area contributed by atoms with Gasteiger partial charge in [-0.2, -0.15) is 0 Å². The van der Waals surface area contributed by atoms with Gasteiger partial charge in [0.2, 0.25) is 0 Å². The Bertz CT molecular complexity index is 2910. The van der Waals surface area contributed by atoms with Crippen LogP contribution in [0.25, 0.3) is 72.4 Å². The molecule has 0 spiro atoms. The van der Waals surface area contributed by atoms with Crippen molar-refractivity contribution in [3.63, 3.8) is 0 Å². The van der Waals surface area contributed by atoms with Gasteiger partial charge in [0.05, 0.1) is 22.4 Å². The van der Waals surface area contributed by atoms with Crippen LogP contribution in [0.1, 0.15) is 62.8 Å². The van der Waals surface area contributed by atoms with Crippen molar-refractivity contribution in [3.8, 4) is 45.0 Å². The van der Waals surface area contributed by atoms with Gasteiger partial charge in [-0.05, 0) is 117 Å². The molecule has 54 heavy (non-hydrogen) atoms. The summed E-state index contributed by atoms with van der Waals surface area (Å²) in [6, 6.07) is 54.7. The lowest BCUT2D eigenvalue weighted by Crippen LogP contribution is -2.17. The summed E-state index contributed by atoms with van der Waals surface area (Å²) >= 11 is 0. The predicted molar refractivity (Wildman–Crippen MR) is 227 cm³/mol. The molecule has 0 radical (unpaired) electrons. The van der Waals surface area contributed by atoms with Gasteiger partial charge >= 0.3 is 0 Å². The van der Waals surface area contributed by atoms with Gasteiger partial charge in [-0.25, -0.2) is 0 Å². The summed E-state index contributed by atoms with van der Waals surface area (Å²) in [7, 11) is 0. The average molecular weight is 695 g/mol. The lowest BCUT2D eigenvalue weighted by Gasteiger charge is -2.24. The maximum absolute atomic E-state index is 2.50. The number of hydrogen-bond acceptors (Lipinski definition) is 0. The number of hydrogen-bond donors (Lipinski definition) is 0. The van der Waals surface area contributed by atoms with E-state index < -0.39 is 0 Å². The highest BCUT2D eigenvalue weighted by Gasteiger charge is 2.38. The van der Waals surface area contributed by atoms with Crippen LogP contribution in [-0.2, 0) is 10.8 Å². The standard InChI is InChI=1S/C52H42N2/c1-51(2)43-21-13-11-19-39(43)41-25-23-37(31-45(41)51)53-47(33-15-7-5-8-16-33)27-35-30-50-36(29-49(35)53)28-48(34-17-9-6-10-18-34)54(50)38-24-26-42-40-20-12-14-22-44(40)52(3,4)46(42)32-38/h5-11,13-19,21-32H,12,20H2,1-4H3. The largest absolute Gasteiger partial charge is 0.309 e. The summed E-state index contributed by atoms with van der Waals surface area (Å²) in [5.74, 6) is 0. The average Bonchev–Trinajstić information content (AvgIpc) is 3.90. The van der Waals surface area contributed by atoms with Gasteiger partial charge in [0, 0.05) is 33.0 Å². The van der Waals surface area contributed by atoms with Gasteiger partial charge < -0.3 is 9.13 Å². The van der Waals surface area contributed by atoms with Crippen LogP contribution in [0, 0.1) is 0 Å². The highest BCUT2D eigenvalue weighted by molar-refractivity contribution is 6.02. The van der Waals surface area contributed by atoms with Gasteiger partial charge in [-0.3, -0.25) is 0 Å². The third kappa shape index (κ3) is 4.34. The Morgan fingerprint density at radius 2 is 0.981 bits per heavy atom. The van der Waals surface area contributed by atoms with Crippen molar-refractivity contribution in [1.82, 2.24) is 9.13 Å². The van der Waals surface area contributed by atoms with Gasteiger partial charge in [0.15, 0.2) is 0 Å². The topological polar surface area (TPSA) is 9.86 Å². The first-order chi connectivity index (χ1) is 26.3. The summed E-state index contributed by atoms with van der Waals surface area (Å²) < 4.78 is 4.99. The molecule has 0 saturated heterocycles. The van der Waals surface area contributed by atoms with Crippen LogP contribution in [0.5, 0.6) is 0 Å². The molecule has 0 unspecified atom stereocenters. The van der Waals surface area contributed by atoms with E-state index in [1.165, 1.54) is 100 Å². The van der Waals surface area contributed by atoms with E-state index >= 15 is 0 Å². The molecule has 2 nitrogen and oxygen atoms in total. The molecule has 0 amide bonds. The molecule has 0 atom stereocenters. The Kier molecular flexibility index (Phi) is 6.51. The predicted octanol–water partition coefficient (Wildman–Crippen LogP) is 13.6. The summed E-state index contributed by atoms with van der Waals surface area (Å²) in [5, 5.41) is 2.46. The first kappa shape index (κ1) is 31.4. The molecular weight excluding hydrogens is 653 g/mol. The van der Waals surface area contributed by atoms with Crippen molar-refractivity contribution in [2.75, 3.05) is 0 Å². The molecule has 0 saturated carbocycles. The highest BCUT2D eigenvalue weighted by Crippen LogP contribution is 2.52. The molecule has 8 aromatic rings. The molecule has 3 aliphatic carbocycles. The molecule has 0 N–H and O–H groups in total. The molecule has 0 fully saturated rings. The summed E-state index contributed by atoms with van der Waals surface area (Å²) in [4.78, 5) is 0. The summed E-state index contributed by atoms with van der Waals surface area (Å²) in [5.41, 5.74) is 20.9. The second-order valence-electron chi connectivity index (χ2n) is 16.5. The first-order valence-corrected chi connectivity index (χ1v) is 19.4. The number of allylic oxidation sites excluding steroid dienone is 4. The normalized spacial score (nSPS) is 16.1. The van der Waals surface area contributed by atoms with Gasteiger partial charge in [-0.1, -0.05) is 137 Å². The maximum Gasteiger partial charge on any atom is 0.0542 e. The lowest BCUT2D eigenvalue weighted by molar-refractivity contribution is 0.651. The summed E-state index contributed by atoms with van der Waals surface area (Å²) in [6.45, 7) is 9.53. The Hall–Kier alpha value is -6.12. The van der Waals surface area contributed by atoms with Crippen LogP contribution in [0.4, 0.5) is 0 Å². The van der Waals surface area contributed by atoms with E-state index in [-0.39, 0.29) is 10.8 Å². The van der Waals surface area contributed by atoms with E-state index in [0.717, 1.165) is 12.8 Å². The van der Waals surface area contributed by atoms with E-state index in [0.29, 0.717) is 0 Å². The van der Waals surface area contributed by atoms with Gasteiger partial charge in [0.25, 0.3) is 0 Å². The number of aromatic nitrogens is 2. The molecule has 11 rings (SSSR count). The minimum Gasteiger partial charge on any atom is -0.309 e. The molecule has 2 heterocycles. The molecule has 2 aromatic heterocycles. The fourth-order valence-corrected chi connectivity index (χ4v) is 10.1. The SMILES string of the molecule is CC1(C)C2=C(CCC=C2)c2ccc(-n3c(-c4ccccc4)cc4cc5c(cc(-c6ccccc6)n5-c5ccc6c(c5)C(C)(C)c5ccccc5-6)cc43)cc21. The number of benzene rings is 6. The Labute approximate surface area is 317 Å². The third-order valence-corrected chi connectivity index (χ3v) is 12.8. The fourth-order valence-electron chi connectivity index (χ4n) is 10.1. The van der Waals surface area contributed by atoms with Crippen molar-refractivity contribution < 1.29 is 0 Å². The van der Waals surface area contributed by atoms with E-state index in [2.05, 4.69) is 195 Å². The zero-order chi connectivity index (χ0) is 36.3. The highest BCUT2D eigenvalue weighted by atomic mass is 15.0. The van der Waals surface area contributed by atoms with Gasteiger partial charge in [0.1, 0.15) is 0 Å². The second-order valence-corrected chi connectivity index (χ2v) is 16.5. The molecule has 0 bridgehead atoms. The van der Waals surface area contributed by atoms with Gasteiger partial charge in [-0.15, -0.1) is 0 Å². The third-order valence-electron chi connectivity index (χ3n) is 12.8. The van der Waals surface area contributed by atoms with E-state index in [4.69, 9.17) is 0 Å². The van der Waals surface area contributed by atoms with Crippen LogP contribution in [0.2, 0.25) is 0 Å². The number of rotatable bonds is 4. The maximum atomic E-state index is 2.50. The van der Waals surface area contributed by atoms with E-state index in [1.54, 1.807) is 0 Å². The molecule has 260 valence electrons. The number of fused-ring (bicyclic) bond motifs is 7. The number of nitrogens with zero attached hydrogens (tertiary/aromatic N) is 2. The second kappa shape index (κ2) is 11.2. The van der Waals surface area contributed by atoms with Crippen LogP contribution < -0.4 is 0 Å².